The van der Waals surface area contributed by atoms with E-state index in [1.165, 1.54) is 11.1 Å². The van der Waals surface area contributed by atoms with Crippen LogP contribution in [0.2, 0.25) is 0 Å². The molecule has 1 unspecified atom stereocenters. The summed E-state index contributed by atoms with van der Waals surface area (Å²) in [5.74, 6) is 0.782. The van der Waals surface area contributed by atoms with Gasteiger partial charge in [0.05, 0.1) is 0 Å². The quantitative estimate of drug-likeness (QED) is 0.758. The van der Waals surface area contributed by atoms with Crippen LogP contribution in [0.3, 0.4) is 0 Å². The van der Waals surface area contributed by atoms with Gasteiger partial charge in [0.15, 0.2) is 0 Å². The molecule has 0 aliphatic rings. The zero-order valence-corrected chi connectivity index (χ0v) is 13.7. The van der Waals surface area contributed by atoms with Gasteiger partial charge in [-0.2, -0.15) is 0 Å². The zero-order chi connectivity index (χ0) is 14.3. The summed E-state index contributed by atoms with van der Waals surface area (Å²) in [4.78, 5) is 12.2. The third-order valence-electron chi connectivity index (χ3n) is 3.13. The molecule has 0 aromatic heterocycles. The number of hydrogen-bond acceptors (Lipinski definition) is 1. The summed E-state index contributed by atoms with van der Waals surface area (Å²) in [6.45, 7) is 7.18. The van der Waals surface area contributed by atoms with Crippen LogP contribution in [0.25, 0.3) is 0 Å². The first-order valence-corrected chi connectivity index (χ1v) is 7.86. The molecule has 1 atom stereocenters. The molecule has 0 heterocycles. The lowest BCUT2D eigenvalue weighted by molar-refractivity contribution is -0.121. The van der Waals surface area contributed by atoms with Gasteiger partial charge >= 0.3 is 0 Å². The molecule has 1 aromatic rings. The number of aryl methyl sites for hydroxylation is 2. The Hall–Kier alpha value is -0.830. The van der Waals surface area contributed by atoms with E-state index in [-0.39, 0.29) is 5.91 Å². The number of carbonyl (C=O) groups excluding carboxylic acids is 1. The molecule has 0 fully saturated rings. The SMILES string of the molecule is Cc1ccccc1CCC(=O)NCC(Br)CC(C)C. The van der Waals surface area contributed by atoms with Crippen molar-refractivity contribution >= 4 is 21.8 Å². The van der Waals surface area contributed by atoms with E-state index in [2.05, 4.69) is 54.2 Å². The maximum atomic E-state index is 11.8. The summed E-state index contributed by atoms with van der Waals surface area (Å²) in [5.41, 5.74) is 2.52. The number of rotatable bonds is 7. The van der Waals surface area contributed by atoms with Gasteiger partial charge in [0.2, 0.25) is 5.91 Å². The van der Waals surface area contributed by atoms with Crippen LogP contribution in [-0.4, -0.2) is 17.3 Å². The van der Waals surface area contributed by atoms with E-state index in [0.29, 0.717) is 23.7 Å². The zero-order valence-electron chi connectivity index (χ0n) is 12.1. The highest BCUT2D eigenvalue weighted by atomic mass is 79.9. The van der Waals surface area contributed by atoms with Crippen LogP contribution >= 0.6 is 15.9 Å². The number of benzene rings is 1. The fourth-order valence-corrected chi connectivity index (χ4v) is 2.96. The monoisotopic (exact) mass is 325 g/mol. The number of halogens is 1. The second-order valence-corrected chi connectivity index (χ2v) is 6.75. The third-order valence-corrected chi connectivity index (χ3v) is 3.83. The normalized spacial score (nSPS) is 12.5. The lowest BCUT2D eigenvalue weighted by atomic mass is 10.0. The second kappa shape index (κ2) is 8.36. The Morgan fingerprint density at radius 2 is 2.00 bits per heavy atom. The first kappa shape index (κ1) is 16.2. The van der Waals surface area contributed by atoms with E-state index in [9.17, 15) is 4.79 Å². The number of carbonyl (C=O) groups is 1. The summed E-state index contributed by atoms with van der Waals surface area (Å²) in [7, 11) is 0. The van der Waals surface area contributed by atoms with Gasteiger partial charge in [0.25, 0.3) is 0 Å². The largest absolute Gasteiger partial charge is 0.355 e. The van der Waals surface area contributed by atoms with Crippen molar-refractivity contribution in [2.24, 2.45) is 5.92 Å². The Morgan fingerprint density at radius 1 is 1.32 bits per heavy atom. The Bertz CT molecular complexity index is 403. The van der Waals surface area contributed by atoms with Crippen LogP contribution in [0.5, 0.6) is 0 Å². The summed E-state index contributed by atoms with van der Waals surface area (Å²) in [6.07, 6.45) is 2.46. The van der Waals surface area contributed by atoms with Gasteiger partial charge < -0.3 is 5.32 Å². The van der Waals surface area contributed by atoms with Crippen molar-refractivity contribution in [3.05, 3.63) is 35.4 Å². The van der Waals surface area contributed by atoms with E-state index >= 15 is 0 Å². The summed E-state index contributed by atoms with van der Waals surface area (Å²) in [5, 5.41) is 2.99. The Labute approximate surface area is 125 Å². The van der Waals surface area contributed by atoms with Crippen molar-refractivity contribution in [1.82, 2.24) is 5.32 Å². The molecule has 3 heteroatoms. The van der Waals surface area contributed by atoms with Gasteiger partial charge in [-0.1, -0.05) is 54.0 Å². The fraction of sp³-hybridized carbons (Fsp3) is 0.562. The predicted molar refractivity (Wildman–Crippen MR) is 84.7 cm³/mol. The van der Waals surface area contributed by atoms with Crippen molar-refractivity contribution in [2.45, 2.75) is 44.9 Å². The molecule has 1 aromatic carbocycles. The van der Waals surface area contributed by atoms with E-state index in [1.54, 1.807) is 0 Å². The molecule has 0 bridgehead atoms. The molecule has 19 heavy (non-hydrogen) atoms. The van der Waals surface area contributed by atoms with Gasteiger partial charge in [-0.15, -0.1) is 0 Å². The minimum absolute atomic E-state index is 0.136. The average Bonchev–Trinajstić information content (AvgIpc) is 2.34. The van der Waals surface area contributed by atoms with Crippen LogP contribution in [0.4, 0.5) is 0 Å². The number of nitrogens with one attached hydrogen (secondary N) is 1. The second-order valence-electron chi connectivity index (χ2n) is 5.46. The fourth-order valence-electron chi connectivity index (χ4n) is 2.05. The van der Waals surface area contributed by atoms with E-state index in [0.717, 1.165) is 12.8 Å². The highest BCUT2D eigenvalue weighted by molar-refractivity contribution is 9.09. The van der Waals surface area contributed by atoms with Gasteiger partial charge in [-0.05, 0) is 36.8 Å². The number of amides is 1. The first-order chi connectivity index (χ1) is 8.99. The highest BCUT2D eigenvalue weighted by Gasteiger charge is 2.09. The van der Waals surface area contributed by atoms with Gasteiger partial charge in [-0.25, -0.2) is 0 Å². The lowest BCUT2D eigenvalue weighted by Crippen LogP contribution is -2.30. The Balaban J connectivity index is 2.27. The van der Waals surface area contributed by atoms with Crippen LogP contribution in [0.15, 0.2) is 24.3 Å². The molecule has 0 aliphatic carbocycles. The minimum atomic E-state index is 0.136. The van der Waals surface area contributed by atoms with E-state index in [4.69, 9.17) is 0 Å². The number of alkyl halides is 1. The minimum Gasteiger partial charge on any atom is -0.355 e. The van der Waals surface area contributed by atoms with Crippen molar-refractivity contribution in [2.75, 3.05) is 6.54 Å². The van der Waals surface area contributed by atoms with Crippen molar-refractivity contribution < 1.29 is 4.79 Å². The Morgan fingerprint density at radius 3 is 2.63 bits per heavy atom. The van der Waals surface area contributed by atoms with Crippen molar-refractivity contribution in [3.8, 4) is 0 Å². The topological polar surface area (TPSA) is 29.1 Å². The smallest absolute Gasteiger partial charge is 0.220 e. The maximum Gasteiger partial charge on any atom is 0.220 e. The molecule has 1 N–H and O–H groups in total. The van der Waals surface area contributed by atoms with Crippen LogP contribution in [0, 0.1) is 12.8 Å². The van der Waals surface area contributed by atoms with Gasteiger partial charge in [0.1, 0.15) is 0 Å². The number of hydrogen-bond donors (Lipinski definition) is 1. The molecule has 0 radical (unpaired) electrons. The maximum absolute atomic E-state index is 11.8. The molecular weight excluding hydrogens is 302 g/mol. The molecular formula is C16H24BrNO. The molecule has 1 amide bonds. The van der Waals surface area contributed by atoms with E-state index < -0.39 is 0 Å². The molecule has 2 nitrogen and oxygen atoms in total. The predicted octanol–water partition coefficient (Wildman–Crippen LogP) is 3.85. The summed E-state index contributed by atoms with van der Waals surface area (Å²) < 4.78 is 0. The summed E-state index contributed by atoms with van der Waals surface area (Å²) in [6, 6.07) is 8.23. The van der Waals surface area contributed by atoms with Gasteiger partial charge in [0, 0.05) is 17.8 Å². The van der Waals surface area contributed by atoms with Crippen molar-refractivity contribution in [1.29, 1.82) is 0 Å². The molecule has 106 valence electrons. The van der Waals surface area contributed by atoms with Crippen LogP contribution < -0.4 is 5.32 Å². The molecule has 1 rings (SSSR count). The van der Waals surface area contributed by atoms with E-state index in [1.807, 2.05) is 12.1 Å². The molecule has 0 saturated heterocycles. The Kier molecular flexibility index (Phi) is 7.14. The average molecular weight is 326 g/mol. The highest BCUT2D eigenvalue weighted by Crippen LogP contribution is 2.12. The third kappa shape index (κ3) is 6.76. The van der Waals surface area contributed by atoms with Crippen LogP contribution in [0.1, 0.15) is 37.8 Å². The molecule has 0 aliphatic heterocycles. The molecule has 0 saturated carbocycles. The lowest BCUT2D eigenvalue weighted by Gasteiger charge is -2.13. The molecule has 0 spiro atoms. The van der Waals surface area contributed by atoms with Crippen molar-refractivity contribution in [3.63, 3.8) is 0 Å². The first-order valence-electron chi connectivity index (χ1n) is 6.94. The van der Waals surface area contributed by atoms with Gasteiger partial charge in [-0.3, -0.25) is 4.79 Å². The standard InChI is InChI=1S/C16H24BrNO/c1-12(2)10-15(17)11-18-16(19)9-8-14-7-5-4-6-13(14)3/h4-7,12,15H,8-11H2,1-3H3,(H,18,19). The summed E-state index contributed by atoms with van der Waals surface area (Å²) >= 11 is 3.60. The van der Waals surface area contributed by atoms with Crippen LogP contribution in [-0.2, 0) is 11.2 Å².